The summed E-state index contributed by atoms with van der Waals surface area (Å²) in [6.07, 6.45) is 1.86. The first-order valence-electron chi connectivity index (χ1n) is 5.96. The molecule has 1 aromatic heterocycles. The number of nitrogen functional groups attached to an aromatic ring is 1. The van der Waals surface area contributed by atoms with Crippen molar-refractivity contribution < 1.29 is 9.21 Å². The van der Waals surface area contributed by atoms with Crippen LogP contribution in [0.3, 0.4) is 0 Å². The standard InChI is InChI=1S/C13H16N4O2/c14-6-5-12-17-11(8-19-12)13(18)16-7-9-1-3-10(15)4-2-9/h1-4,8H,5-7,14-15H2,(H,16,18). The molecule has 1 heterocycles. The first-order chi connectivity index (χ1) is 9.19. The molecule has 0 aliphatic heterocycles. The minimum absolute atomic E-state index is 0.263. The van der Waals surface area contributed by atoms with Crippen molar-refractivity contribution in [3.63, 3.8) is 0 Å². The van der Waals surface area contributed by atoms with Crippen LogP contribution in [0.25, 0.3) is 0 Å². The van der Waals surface area contributed by atoms with E-state index in [0.717, 1.165) is 5.56 Å². The second-order valence-corrected chi connectivity index (χ2v) is 4.09. The van der Waals surface area contributed by atoms with Gasteiger partial charge in [0.15, 0.2) is 11.6 Å². The van der Waals surface area contributed by atoms with Gasteiger partial charge in [-0.1, -0.05) is 12.1 Å². The summed E-state index contributed by atoms with van der Waals surface area (Å²) in [6, 6.07) is 7.30. The lowest BCUT2D eigenvalue weighted by molar-refractivity contribution is 0.0946. The summed E-state index contributed by atoms with van der Waals surface area (Å²) in [6.45, 7) is 0.852. The molecular weight excluding hydrogens is 244 g/mol. The molecule has 0 radical (unpaired) electrons. The fourth-order valence-electron chi connectivity index (χ4n) is 1.56. The summed E-state index contributed by atoms with van der Waals surface area (Å²) in [7, 11) is 0. The number of oxazole rings is 1. The number of rotatable bonds is 5. The molecule has 6 nitrogen and oxygen atoms in total. The molecule has 19 heavy (non-hydrogen) atoms. The molecule has 0 fully saturated rings. The van der Waals surface area contributed by atoms with E-state index in [4.69, 9.17) is 15.9 Å². The monoisotopic (exact) mass is 260 g/mol. The second kappa shape index (κ2) is 6.01. The van der Waals surface area contributed by atoms with Crippen molar-refractivity contribution in [1.82, 2.24) is 10.3 Å². The fraction of sp³-hybridized carbons (Fsp3) is 0.231. The number of nitrogens with zero attached hydrogens (tertiary/aromatic N) is 1. The van der Waals surface area contributed by atoms with Gasteiger partial charge < -0.3 is 21.2 Å². The number of amides is 1. The average Bonchev–Trinajstić information content (AvgIpc) is 2.87. The molecule has 2 aromatic rings. The zero-order valence-electron chi connectivity index (χ0n) is 10.4. The van der Waals surface area contributed by atoms with Crippen molar-refractivity contribution in [1.29, 1.82) is 0 Å². The average molecular weight is 260 g/mol. The fourth-order valence-corrected chi connectivity index (χ4v) is 1.56. The van der Waals surface area contributed by atoms with Crippen LogP contribution in [0.1, 0.15) is 21.9 Å². The van der Waals surface area contributed by atoms with Crippen molar-refractivity contribution in [2.24, 2.45) is 5.73 Å². The van der Waals surface area contributed by atoms with Gasteiger partial charge in [-0.15, -0.1) is 0 Å². The van der Waals surface area contributed by atoms with Crippen molar-refractivity contribution in [2.75, 3.05) is 12.3 Å². The zero-order chi connectivity index (χ0) is 13.7. The number of benzene rings is 1. The lowest BCUT2D eigenvalue weighted by atomic mass is 10.2. The van der Waals surface area contributed by atoms with E-state index in [1.165, 1.54) is 6.26 Å². The Morgan fingerprint density at radius 2 is 2.05 bits per heavy atom. The Morgan fingerprint density at radius 1 is 1.32 bits per heavy atom. The van der Waals surface area contributed by atoms with Crippen molar-refractivity contribution in [3.8, 4) is 0 Å². The highest BCUT2D eigenvalue weighted by molar-refractivity contribution is 5.91. The van der Waals surface area contributed by atoms with E-state index in [9.17, 15) is 4.79 Å². The van der Waals surface area contributed by atoms with Gasteiger partial charge in [0.25, 0.3) is 5.91 Å². The minimum atomic E-state index is -0.274. The van der Waals surface area contributed by atoms with Crippen LogP contribution >= 0.6 is 0 Å². The van der Waals surface area contributed by atoms with Crippen molar-refractivity contribution in [3.05, 3.63) is 47.7 Å². The van der Waals surface area contributed by atoms with Crippen LogP contribution < -0.4 is 16.8 Å². The lowest BCUT2D eigenvalue weighted by Gasteiger charge is -2.03. The highest BCUT2D eigenvalue weighted by Crippen LogP contribution is 2.06. The summed E-state index contributed by atoms with van der Waals surface area (Å²) in [5, 5.41) is 2.76. The van der Waals surface area contributed by atoms with Gasteiger partial charge in [-0.25, -0.2) is 4.98 Å². The Kier molecular flexibility index (Phi) is 4.15. The van der Waals surface area contributed by atoms with Crippen molar-refractivity contribution >= 4 is 11.6 Å². The van der Waals surface area contributed by atoms with E-state index in [0.29, 0.717) is 31.1 Å². The van der Waals surface area contributed by atoms with Gasteiger partial charge in [-0.3, -0.25) is 4.79 Å². The van der Waals surface area contributed by atoms with Crippen LogP contribution in [-0.2, 0) is 13.0 Å². The van der Waals surface area contributed by atoms with Gasteiger partial charge in [-0.05, 0) is 17.7 Å². The summed E-state index contributed by atoms with van der Waals surface area (Å²) >= 11 is 0. The molecule has 0 saturated carbocycles. The van der Waals surface area contributed by atoms with Crippen LogP contribution in [0.4, 0.5) is 5.69 Å². The van der Waals surface area contributed by atoms with Gasteiger partial charge in [0.2, 0.25) is 0 Å². The lowest BCUT2D eigenvalue weighted by Crippen LogP contribution is -2.23. The van der Waals surface area contributed by atoms with Gasteiger partial charge in [0.1, 0.15) is 6.26 Å². The van der Waals surface area contributed by atoms with Crippen LogP contribution in [0.5, 0.6) is 0 Å². The molecule has 0 spiro atoms. The van der Waals surface area contributed by atoms with Gasteiger partial charge in [0.05, 0.1) is 0 Å². The first-order valence-corrected chi connectivity index (χ1v) is 5.96. The molecule has 0 aliphatic rings. The largest absolute Gasteiger partial charge is 0.448 e. The number of aromatic nitrogens is 1. The Morgan fingerprint density at radius 3 is 2.74 bits per heavy atom. The molecule has 6 heteroatoms. The molecule has 0 saturated heterocycles. The maximum Gasteiger partial charge on any atom is 0.273 e. The number of carbonyl (C=O) groups is 1. The van der Waals surface area contributed by atoms with Crippen LogP contribution in [0.15, 0.2) is 34.9 Å². The summed E-state index contributed by atoms with van der Waals surface area (Å²) < 4.78 is 5.13. The maximum atomic E-state index is 11.8. The van der Waals surface area contributed by atoms with E-state index in [1.807, 2.05) is 12.1 Å². The summed E-state index contributed by atoms with van der Waals surface area (Å²) in [5.74, 6) is 0.198. The Balaban J connectivity index is 1.91. The third-order valence-corrected chi connectivity index (χ3v) is 2.58. The zero-order valence-corrected chi connectivity index (χ0v) is 10.4. The number of anilines is 1. The normalized spacial score (nSPS) is 10.4. The molecule has 100 valence electrons. The quantitative estimate of drug-likeness (QED) is 0.685. The van der Waals surface area contributed by atoms with E-state index in [2.05, 4.69) is 10.3 Å². The predicted octanol–water partition coefficient (Wildman–Crippen LogP) is 0.688. The molecule has 5 N–H and O–H groups in total. The molecule has 0 aliphatic carbocycles. The Bertz CT molecular complexity index is 548. The van der Waals surface area contributed by atoms with E-state index >= 15 is 0 Å². The molecule has 1 aromatic carbocycles. The third-order valence-electron chi connectivity index (χ3n) is 2.58. The highest BCUT2D eigenvalue weighted by atomic mass is 16.3. The molecule has 0 atom stereocenters. The minimum Gasteiger partial charge on any atom is -0.448 e. The molecule has 0 bridgehead atoms. The number of nitrogens with one attached hydrogen (secondary N) is 1. The summed E-state index contributed by atoms with van der Waals surface area (Å²) in [5.41, 5.74) is 12.9. The second-order valence-electron chi connectivity index (χ2n) is 4.09. The van der Waals surface area contributed by atoms with E-state index in [1.54, 1.807) is 12.1 Å². The highest BCUT2D eigenvalue weighted by Gasteiger charge is 2.11. The Hall–Kier alpha value is -2.34. The predicted molar refractivity (Wildman–Crippen MR) is 71.3 cm³/mol. The molecule has 0 unspecified atom stereocenters. The van der Waals surface area contributed by atoms with E-state index < -0.39 is 0 Å². The van der Waals surface area contributed by atoms with Gasteiger partial charge in [0, 0.05) is 25.2 Å². The Labute approximate surface area is 110 Å². The van der Waals surface area contributed by atoms with E-state index in [-0.39, 0.29) is 11.6 Å². The van der Waals surface area contributed by atoms with Gasteiger partial charge in [-0.2, -0.15) is 0 Å². The topological polar surface area (TPSA) is 107 Å². The maximum absolute atomic E-state index is 11.8. The number of carbonyl (C=O) groups excluding carboxylic acids is 1. The number of hydrogen-bond donors (Lipinski definition) is 3. The van der Waals surface area contributed by atoms with Crippen LogP contribution in [0, 0.1) is 0 Å². The number of hydrogen-bond acceptors (Lipinski definition) is 5. The summed E-state index contributed by atoms with van der Waals surface area (Å²) in [4.78, 5) is 15.9. The van der Waals surface area contributed by atoms with Gasteiger partial charge >= 0.3 is 0 Å². The smallest absolute Gasteiger partial charge is 0.273 e. The first kappa shape index (κ1) is 13.1. The molecule has 2 rings (SSSR count). The third kappa shape index (κ3) is 3.56. The SMILES string of the molecule is NCCc1nc(C(=O)NCc2ccc(N)cc2)co1. The van der Waals surface area contributed by atoms with Crippen LogP contribution in [-0.4, -0.2) is 17.4 Å². The molecule has 1 amide bonds. The van der Waals surface area contributed by atoms with Crippen LogP contribution in [0.2, 0.25) is 0 Å². The van der Waals surface area contributed by atoms with Crippen molar-refractivity contribution in [2.45, 2.75) is 13.0 Å². The molecular formula is C13H16N4O2. The number of nitrogens with two attached hydrogens (primary N) is 2.